The van der Waals surface area contributed by atoms with E-state index >= 15 is 0 Å². The second-order valence-corrected chi connectivity index (χ2v) is 4.92. The quantitative estimate of drug-likeness (QED) is 0.553. The molecule has 2 aromatic carbocycles. The molecule has 7 nitrogen and oxygen atoms in total. The van der Waals surface area contributed by atoms with E-state index < -0.39 is 16.7 Å². The minimum atomic E-state index is -4.41. The standard InChI is InChI=1S/C15H9F3N4O3/c16-15(17,18)10-3-5-11(6-4-10)19-14-21-20-13(25-14)9-1-7-12(8-2-9)22(23)24/h1-8H,(H,19,21). The second kappa shape index (κ2) is 6.23. The second-order valence-electron chi connectivity index (χ2n) is 4.92. The Labute approximate surface area is 138 Å². The van der Waals surface area contributed by atoms with Gasteiger partial charge in [-0.1, -0.05) is 5.10 Å². The van der Waals surface area contributed by atoms with Crippen molar-refractivity contribution in [2.24, 2.45) is 0 Å². The van der Waals surface area contributed by atoms with Gasteiger partial charge in [0.15, 0.2) is 0 Å². The highest BCUT2D eigenvalue weighted by molar-refractivity contribution is 5.58. The lowest BCUT2D eigenvalue weighted by Gasteiger charge is -2.07. The smallest absolute Gasteiger partial charge is 0.403 e. The summed E-state index contributed by atoms with van der Waals surface area (Å²) in [7, 11) is 0. The Morgan fingerprint density at radius 1 is 1.00 bits per heavy atom. The van der Waals surface area contributed by atoms with E-state index in [1.807, 2.05) is 0 Å². The lowest BCUT2D eigenvalue weighted by atomic mass is 10.2. The highest BCUT2D eigenvalue weighted by Gasteiger charge is 2.30. The number of halogens is 3. The van der Waals surface area contributed by atoms with Crippen molar-refractivity contribution < 1.29 is 22.5 Å². The van der Waals surface area contributed by atoms with Gasteiger partial charge in [0.2, 0.25) is 5.89 Å². The van der Waals surface area contributed by atoms with Gasteiger partial charge in [-0.15, -0.1) is 5.10 Å². The molecule has 1 aromatic heterocycles. The zero-order valence-corrected chi connectivity index (χ0v) is 12.3. The Hall–Kier alpha value is -3.43. The molecule has 0 unspecified atom stereocenters. The zero-order valence-electron chi connectivity index (χ0n) is 12.3. The molecule has 0 aliphatic rings. The van der Waals surface area contributed by atoms with Crippen LogP contribution >= 0.6 is 0 Å². The van der Waals surface area contributed by atoms with Crippen LogP contribution in [0.3, 0.4) is 0 Å². The Balaban J connectivity index is 1.74. The molecule has 0 amide bonds. The van der Waals surface area contributed by atoms with Gasteiger partial charge < -0.3 is 9.73 Å². The van der Waals surface area contributed by atoms with E-state index in [9.17, 15) is 23.3 Å². The van der Waals surface area contributed by atoms with Gasteiger partial charge in [0, 0.05) is 23.4 Å². The van der Waals surface area contributed by atoms with Gasteiger partial charge >= 0.3 is 12.2 Å². The number of alkyl halides is 3. The molecule has 0 saturated carbocycles. The molecule has 3 aromatic rings. The van der Waals surface area contributed by atoms with Crippen LogP contribution in [0.25, 0.3) is 11.5 Å². The fourth-order valence-corrected chi connectivity index (χ4v) is 1.98. The van der Waals surface area contributed by atoms with Gasteiger partial charge in [0.1, 0.15) is 0 Å². The normalized spacial score (nSPS) is 11.3. The van der Waals surface area contributed by atoms with Crippen molar-refractivity contribution in [1.29, 1.82) is 0 Å². The molecule has 25 heavy (non-hydrogen) atoms. The van der Waals surface area contributed by atoms with Crippen LogP contribution in [-0.2, 0) is 6.18 Å². The number of nitro groups is 1. The molecule has 0 fully saturated rings. The maximum Gasteiger partial charge on any atom is 0.416 e. The molecule has 10 heteroatoms. The van der Waals surface area contributed by atoms with E-state index in [1.54, 1.807) is 0 Å². The molecule has 3 rings (SSSR count). The van der Waals surface area contributed by atoms with E-state index in [1.165, 1.54) is 36.4 Å². The first-order valence-corrected chi connectivity index (χ1v) is 6.85. The van der Waals surface area contributed by atoms with Gasteiger partial charge in [-0.25, -0.2) is 0 Å². The summed E-state index contributed by atoms with van der Waals surface area (Å²) in [6.07, 6.45) is -4.41. The molecule has 1 N–H and O–H groups in total. The van der Waals surface area contributed by atoms with Gasteiger partial charge in [0.25, 0.3) is 5.69 Å². The summed E-state index contributed by atoms with van der Waals surface area (Å²) >= 11 is 0. The molecular weight excluding hydrogens is 341 g/mol. The molecule has 0 radical (unpaired) electrons. The number of hydrogen-bond acceptors (Lipinski definition) is 6. The third-order valence-electron chi connectivity index (χ3n) is 3.21. The van der Waals surface area contributed by atoms with Crippen molar-refractivity contribution in [3.63, 3.8) is 0 Å². The molecule has 0 aliphatic heterocycles. The van der Waals surface area contributed by atoms with Crippen molar-refractivity contribution in [2.75, 3.05) is 5.32 Å². The topological polar surface area (TPSA) is 94.1 Å². The summed E-state index contributed by atoms with van der Waals surface area (Å²) in [6.45, 7) is 0. The fraction of sp³-hybridized carbons (Fsp3) is 0.0667. The summed E-state index contributed by atoms with van der Waals surface area (Å²) in [5, 5.41) is 20.8. The van der Waals surface area contributed by atoms with Crippen molar-refractivity contribution in [1.82, 2.24) is 10.2 Å². The van der Waals surface area contributed by atoms with E-state index in [0.717, 1.165) is 12.1 Å². The average Bonchev–Trinajstić information content (AvgIpc) is 3.03. The minimum Gasteiger partial charge on any atom is -0.403 e. The van der Waals surface area contributed by atoms with Gasteiger partial charge in [-0.3, -0.25) is 10.1 Å². The van der Waals surface area contributed by atoms with E-state index in [2.05, 4.69) is 15.5 Å². The van der Waals surface area contributed by atoms with Crippen LogP contribution in [-0.4, -0.2) is 15.1 Å². The fourth-order valence-electron chi connectivity index (χ4n) is 1.98. The number of nitrogens with zero attached hydrogens (tertiary/aromatic N) is 3. The van der Waals surface area contributed by atoms with Crippen molar-refractivity contribution in [3.8, 4) is 11.5 Å². The molecule has 128 valence electrons. The summed E-state index contributed by atoms with van der Waals surface area (Å²) in [5.74, 6) is 0.115. The molecule has 0 spiro atoms. The maximum absolute atomic E-state index is 12.5. The number of hydrogen-bond donors (Lipinski definition) is 1. The maximum atomic E-state index is 12.5. The van der Waals surface area contributed by atoms with E-state index in [-0.39, 0.29) is 17.6 Å². The number of benzene rings is 2. The Kier molecular flexibility index (Phi) is 4.09. The zero-order chi connectivity index (χ0) is 18.0. The van der Waals surface area contributed by atoms with Gasteiger partial charge in [-0.2, -0.15) is 13.2 Å². The predicted molar refractivity (Wildman–Crippen MR) is 81.1 cm³/mol. The largest absolute Gasteiger partial charge is 0.416 e. The Morgan fingerprint density at radius 2 is 1.64 bits per heavy atom. The average molecular weight is 350 g/mol. The van der Waals surface area contributed by atoms with Crippen LogP contribution in [0.4, 0.5) is 30.6 Å². The van der Waals surface area contributed by atoms with Crippen LogP contribution in [0.15, 0.2) is 52.9 Å². The van der Waals surface area contributed by atoms with Crippen LogP contribution in [0, 0.1) is 10.1 Å². The first-order valence-electron chi connectivity index (χ1n) is 6.85. The Bertz CT molecular complexity index is 890. The van der Waals surface area contributed by atoms with Crippen LogP contribution < -0.4 is 5.32 Å². The monoisotopic (exact) mass is 350 g/mol. The predicted octanol–water partition coefficient (Wildman–Crippen LogP) is 4.41. The van der Waals surface area contributed by atoms with E-state index in [4.69, 9.17) is 4.42 Å². The van der Waals surface area contributed by atoms with Crippen LogP contribution in [0.2, 0.25) is 0 Å². The number of anilines is 2. The number of non-ortho nitro benzene ring substituents is 1. The number of rotatable bonds is 4. The highest BCUT2D eigenvalue weighted by Crippen LogP contribution is 2.30. The minimum absolute atomic E-state index is 0.0203. The number of nitrogens with one attached hydrogen (secondary N) is 1. The lowest BCUT2D eigenvalue weighted by molar-refractivity contribution is -0.384. The molecule has 0 aliphatic carbocycles. The third-order valence-corrected chi connectivity index (χ3v) is 3.21. The van der Waals surface area contributed by atoms with E-state index in [0.29, 0.717) is 11.3 Å². The van der Waals surface area contributed by atoms with Gasteiger partial charge in [0.05, 0.1) is 10.5 Å². The Morgan fingerprint density at radius 3 is 2.20 bits per heavy atom. The van der Waals surface area contributed by atoms with Gasteiger partial charge in [-0.05, 0) is 36.4 Å². The summed E-state index contributed by atoms with van der Waals surface area (Å²) in [6, 6.07) is 9.79. The highest BCUT2D eigenvalue weighted by atomic mass is 19.4. The number of aromatic nitrogens is 2. The molecular formula is C15H9F3N4O3. The first-order chi connectivity index (χ1) is 11.8. The van der Waals surface area contributed by atoms with Crippen molar-refractivity contribution in [2.45, 2.75) is 6.18 Å². The van der Waals surface area contributed by atoms with Crippen molar-refractivity contribution >= 4 is 17.4 Å². The summed E-state index contributed by atoms with van der Waals surface area (Å²) in [5.41, 5.74) is -0.0352. The first kappa shape index (κ1) is 16.4. The summed E-state index contributed by atoms with van der Waals surface area (Å²) in [4.78, 5) is 10.1. The summed E-state index contributed by atoms with van der Waals surface area (Å²) < 4.78 is 42.9. The number of nitro benzene ring substituents is 1. The molecule has 0 saturated heterocycles. The van der Waals surface area contributed by atoms with Crippen LogP contribution in [0.1, 0.15) is 5.56 Å². The molecule has 0 bridgehead atoms. The van der Waals surface area contributed by atoms with Crippen molar-refractivity contribution in [3.05, 3.63) is 64.2 Å². The molecule has 1 heterocycles. The third kappa shape index (κ3) is 3.74. The SMILES string of the molecule is O=[N+]([O-])c1ccc(-c2nnc(Nc3ccc(C(F)(F)F)cc3)o2)cc1. The lowest BCUT2D eigenvalue weighted by Crippen LogP contribution is -2.04. The van der Waals surface area contributed by atoms with Crippen LogP contribution in [0.5, 0.6) is 0 Å². The molecule has 0 atom stereocenters.